The van der Waals surface area contributed by atoms with Crippen LogP contribution >= 0.6 is 0 Å². The van der Waals surface area contributed by atoms with Crippen molar-refractivity contribution in [1.29, 1.82) is 0 Å². The fraction of sp³-hybridized carbons (Fsp3) is 0.200. The minimum Gasteiger partial charge on any atom is -0.474 e. The maximum atomic E-state index is 12.6. The number of carboxylic acids is 1. The molecule has 0 aliphatic heterocycles. The number of anilines is 1. The van der Waals surface area contributed by atoms with E-state index in [0.29, 0.717) is 18.2 Å². The summed E-state index contributed by atoms with van der Waals surface area (Å²) < 4.78 is 75.6. The van der Waals surface area contributed by atoms with Gasteiger partial charge in [-0.3, -0.25) is 4.79 Å². The lowest BCUT2D eigenvalue weighted by molar-refractivity contribution is -0.148. The van der Waals surface area contributed by atoms with Crippen molar-refractivity contribution < 1.29 is 41.0 Å². The number of carbonyl (C=O) groups is 2. The van der Waals surface area contributed by atoms with Gasteiger partial charge in [0.15, 0.2) is 0 Å². The molecule has 0 aliphatic rings. The summed E-state index contributed by atoms with van der Waals surface area (Å²) in [5.41, 5.74) is -5.22. The van der Waals surface area contributed by atoms with Gasteiger partial charge in [0.25, 0.3) is 0 Å². The van der Waals surface area contributed by atoms with Gasteiger partial charge >= 0.3 is 24.2 Å². The highest BCUT2D eigenvalue weighted by Gasteiger charge is 2.41. The Kier molecular flexibility index (Phi) is 3.97. The molecule has 1 aromatic carbocycles. The second-order valence-corrected chi connectivity index (χ2v) is 3.48. The van der Waals surface area contributed by atoms with Gasteiger partial charge in [0.05, 0.1) is 16.8 Å². The van der Waals surface area contributed by atoms with Crippen molar-refractivity contribution in [3.63, 3.8) is 0 Å². The third-order valence-corrected chi connectivity index (χ3v) is 2.11. The van der Waals surface area contributed by atoms with Gasteiger partial charge in [-0.2, -0.15) is 26.3 Å². The quantitative estimate of drug-likeness (QED) is 0.619. The van der Waals surface area contributed by atoms with Crippen LogP contribution in [-0.4, -0.2) is 17.0 Å². The lowest BCUT2D eigenvalue weighted by atomic mass is 10.1. The first-order chi connectivity index (χ1) is 8.94. The molecular weight excluding hydrogens is 296 g/mol. The summed E-state index contributed by atoms with van der Waals surface area (Å²) in [6, 6.07) is 1.10. The van der Waals surface area contributed by atoms with Gasteiger partial charge in [-0.25, -0.2) is 4.79 Å². The van der Waals surface area contributed by atoms with Gasteiger partial charge in [0.2, 0.25) is 0 Å². The molecular formula is C10H5F6NO3. The summed E-state index contributed by atoms with van der Waals surface area (Å²) in [6.07, 6.45) is -10.4. The van der Waals surface area contributed by atoms with E-state index in [9.17, 15) is 35.9 Å². The maximum absolute atomic E-state index is 12.6. The van der Waals surface area contributed by atoms with Crippen molar-refractivity contribution in [3.05, 3.63) is 29.3 Å². The van der Waals surface area contributed by atoms with Gasteiger partial charge in [0, 0.05) is 0 Å². The van der Waals surface area contributed by atoms with Crippen LogP contribution in [0.4, 0.5) is 32.0 Å². The Bertz CT molecular complexity index is 517. The topological polar surface area (TPSA) is 66.4 Å². The van der Waals surface area contributed by atoms with Gasteiger partial charge in [-0.1, -0.05) is 6.07 Å². The molecule has 1 amide bonds. The van der Waals surface area contributed by atoms with Crippen LogP contribution in [0.1, 0.15) is 11.1 Å². The smallest absolute Gasteiger partial charge is 0.418 e. The molecule has 2 N–H and O–H groups in total. The maximum Gasteiger partial charge on any atom is 0.418 e. The molecule has 0 saturated carbocycles. The summed E-state index contributed by atoms with van der Waals surface area (Å²) in [6.45, 7) is 0. The number of nitrogens with one attached hydrogen (secondary N) is 1. The first kappa shape index (κ1) is 15.8. The fourth-order valence-electron chi connectivity index (χ4n) is 1.33. The minimum atomic E-state index is -5.19. The number of rotatable bonds is 1. The molecule has 4 nitrogen and oxygen atoms in total. The Morgan fingerprint density at radius 3 is 1.65 bits per heavy atom. The Hall–Kier alpha value is -2.26. The van der Waals surface area contributed by atoms with E-state index in [0.717, 1.165) is 5.32 Å². The van der Waals surface area contributed by atoms with Crippen LogP contribution in [-0.2, 0) is 21.9 Å². The van der Waals surface area contributed by atoms with Crippen LogP contribution in [0.25, 0.3) is 0 Å². The number of aliphatic carboxylic acids is 1. The minimum absolute atomic E-state index is 0.298. The van der Waals surface area contributed by atoms with Crippen molar-refractivity contribution in [1.82, 2.24) is 0 Å². The largest absolute Gasteiger partial charge is 0.474 e. The molecule has 0 fully saturated rings. The zero-order chi connectivity index (χ0) is 15.7. The summed E-state index contributed by atoms with van der Waals surface area (Å²) in [5, 5.41) is 9.37. The molecule has 0 spiro atoms. The van der Waals surface area contributed by atoms with Crippen LogP contribution in [0.5, 0.6) is 0 Å². The molecule has 0 aliphatic carbocycles. The Morgan fingerprint density at radius 2 is 1.35 bits per heavy atom. The van der Waals surface area contributed by atoms with Crippen LogP contribution in [0, 0.1) is 0 Å². The number of alkyl halides is 6. The number of hydrogen-bond donors (Lipinski definition) is 2. The predicted octanol–water partition coefficient (Wildman–Crippen LogP) is 2.75. The SMILES string of the molecule is O=C(O)C(=O)Nc1c(C(F)(F)F)cccc1C(F)(F)F. The molecule has 0 unspecified atom stereocenters. The van der Waals surface area contributed by atoms with Crippen LogP contribution in [0.3, 0.4) is 0 Å². The Balaban J connectivity index is 3.49. The van der Waals surface area contributed by atoms with E-state index in [-0.39, 0.29) is 0 Å². The van der Waals surface area contributed by atoms with Crippen molar-refractivity contribution in [3.8, 4) is 0 Å². The lowest BCUT2D eigenvalue weighted by Crippen LogP contribution is -2.26. The molecule has 0 saturated heterocycles. The number of carboxylic acid groups (broad SMARTS) is 1. The van der Waals surface area contributed by atoms with E-state index in [1.165, 1.54) is 0 Å². The Labute approximate surface area is 107 Å². The highest BCUT2D eigenvalue weighted by Crippen LogP contribution is 2.42. The molecule has 10 heteroatoms. The zero-order valence-corrected chi connectivity index (χ0v) is 9.26. The van der Waals surface area contributed by atoms with Crippen molar-refractivity contribution in [2.75, 3.05) is 5.32 Å². The predicted molar refractivity (Wildman–Crippen MR) is 52.7 cm³/mol. The zero-order valence-electron chi connectivity index (χ0n) is 9.26. The van der Waals surface area contributed by atoms with Crippen LogP contribution < -0.4 is 5.32 Å². The monoisotopic (exact) mass is 301 g/mol. The fourth-order valence-corrected chi connectivity index (χ4v) is 1.33. The molecule has 20 heavy (non-hydrogen) atoms. The molecule has 1 aromatic rings. The number of benzene rings is 1. The number of carbonyl (C=O) groups excluding carboxylic acids is 1. The van der Waals surface area contributed by atoms with E-state index in [1.54, 1.807) is 0 Å². The summed E-state index contributed by atoms with van der Waals surface area (Å²) >= 11 is 0. The number of para-hydroxylation sites is 1. The van der Waals surface area contributed by atoms with E-state index in [2.05, 4.69) is 0 Å². The molecule has 0 heterocycles. The average Bonchev–Trinajstić information content (AvgIpc) is 2.25. The Morgan fingerprint density at radius 1 is 0.950 bits per heavy atom. The number of amides is 1. The summed E-state index contributed by atoms with van der Waals surface area (Å²) in [5.74, 6) is -4.22. The normalized spacial score (nSPS) is 12.1. The molecule has 0 atom stereocenters. The molecule has 1 rings (SSSR count). The van der Waals surface area contributed by atoms with E-state index in [1.807, 2.05) is 0 Å². The van der Waals surface area contributed by atoms with Gasteiger partial charge in [-0.05, 0) is 12.1 Å². The van der Waals surface area contributed by atoms with Gasteiger partial charge in [-0.15, -0.1) is 0 Å². The second kappa shape index (κ2) is 5.02. The van der Waals surface area contributed by atoms with Crippen molar-refractivity contribution in [2.45, 2.75) is 12.4 Å². The molecule has 0 radical (unpaired) electrons. The highest BCUT2D eigenvalue weighted by molar-refractivity contribution is 6.36. The third kappa shape index (κ3) is 3.39. The number of hydrogen-bond acceptors (Lipinski definition) is 2. The second-order valence-electron chi connectivity index (χ2n) is 3.48. The standard InChI is InChI=1S/C10H5F6NO3/c11-9(12,13)4-2-1-3-5(10(14,15)16)6(4)17-7(18)8(19)20/h1-3H,(H,17,18)(H,19,20). The van der Waals surface area contributed by atoms with Gasteiger partial charge in [0.1, 0.15) is 0 Å². The highest BCUT2D eigenvalue weighted by atomic mass is 19.4. The van der Waals surface area contributed by atoms with Crippen LogP contribution in [0.2, 0.25) is 0 Å². The number of halogens is 6. The van der Waals surface area contributed by atoms with E-state index in [4.69, 9.17) is 5.11 Å². The van der Waals surface area contributed by atoms with Crippen molar-refractivity contribution >= 4 is 17.6 Å². The summed E-state index contributed by atoms with van der Waals surface area (Å²) in [7, 11) is 0. The first-order valence-corrected chi connectivity index (χ1v) is 4.76. The summed E-state index contributed by atoms with van der Waals surface area (Å²) in [4.78, 5) is 21.1. The molecule has 0 aromatic heterocycles. The molecule has 0 bridgehead atoms. The molecule has 110 valence electrons. The third-order valence-electron chi connectivity index (χ3n) is 2.11. The van der Waals surface area contributed by atoms with E-state index < -0.39 is 41.0 Å². The lowest BCUT2D eigenvalue weighted by Gasteiger charge is -2.18. The average molecular weight is 301 g/mol. The van der Waals surface area contributed by atoms with E-state index >= 15 is 0 Å². The van der Waals surface area contributed by atoms with Gasteiger partial charge < -0.3 is 10.4 Å². The van der Waals surface area contributed by atoms with Crippen molar-refractivity contribution in [2.24, 2.45) is 0 Å². The first-order valence-electron chi connectivity index (χ1n) is 4.76. The van der Waals surface area contributed by atoms with Crippen LogP contribution in [0.15, 0.2) is 18.2 Å².